The Balaban J connectivity index is 2.11. The first kappa shape index (κ1) is 7.11. The molecule has 60 valence electrons. The molecule has 0 N–H and O–H groups in total. The summed E-state index contributed by atoms with van der Waals surface area (Å²) in [6.45, 7) is 2.51. The van der Waals surface area contributed by atoms with Gasteiger partial charge in [-0.05, 0) is 25.8 Å². The van der Waals surface area contributed by atoms with Gasteiger partial charge in [0.1, 0.15) is 0 Å². The molecule has 1 aliphatic heterocycles. The Morgan fingerprint density at radius 3 is 3.36 bits per heavy atom. The topological polar surface area (TPSA) is 3.24 Å². The van der Waals surface area contributed by atoms with E-state index in [1.807, 2.05) is 0 Å². The van der Waals surface area contributed by atoms with Gasteiger partial charge >= 0.3 is 0 Å². The molecule has 2 rings (SSSR count). The van der Waals surface area contributed by atoms with E-state index < -0.39 is 0 Å². The van der Waals surface area contributed by atoms with E-state index in [9.17, 15) is 0 Å². The lowest BCUT2D eigenvalue weighted by molar-refractivity contribution is 0.257. The van der Waals surface area contributed by atoms with Crippen LogP contribution >= 0.6 is 0 Å². The van der Waals surface area contributed by atoms with Crippen LogP contribution < -0.4 is 0 Å². The number of hydrogen-bond donors (Lipinski definition) is 0. The number of piperidine rings is 1. The summed E-state index contributed by atoms with van der Waals surface area (Å²) in [5, 5.41) is 0. The molecule has 1 aliphatic carbocycles. The Morgan fingerprint density at radius 2 is 2.45 bits per heavy atom. The molecule has 1 heteroatoms. The van der Waals surface area contributed by atoms with Crippen molar-refractivity contribution in [3.8, 4) is 0 Å². The summed E-state index contributed by atoms with van der Waals surface area (Å²) in [4.78, 5) is 2.43. The van der Waals surface area contributed by atoms with Crippen LogP contribution in [0.25, 0.3) is 0 Å². The first-order valence-corrected chi connectivity index (χ1v) is 4.40. The quantitative estimate of drug-likeness (QED) is 0.508. The van der Waals surface area contributed by atoms with Gasteiger partial charge in [-0.15, -0.1) is 0 Å². The second kappa shape index (κ2) is 2.82. The first-order valence-electron chi connectivity index (χ1n) is 4.40. The van der Waals surface area contributed by atoms with Gasteiger partial charge in [-0.1, -0.05) is 23.8 Å². The van der Waals surface area contributed by atoms with Crippen molar-refractivity contribution in [3.63, 3.8) is 0 Å². The van der Waals surface area contributed by atoms with Crippen molar-refractivity contribution in [2.24, 2.45) is 5.92 Å². The van der Waals surface area contributed by atoms with E-state index in [1.165, 1.54) is 25.9 Å². The lowest BCUT2D eigenvalue weighted by Gasteiger charge is -2.32. The van der Waals surface area contributed by atoms with E-state index in [2.05, 4.69) is 30.2 Å². The van der Waals surface area contributed by atoms with Gasteiger partial charge in [0.05, 0.1) is 0 Å². The minimum Gasteiger partial charge on any atom is -0.305 e. The van der Waals surface area contributed by atoms with Crippen molar-refractivity contribution < 1.29 is 0 Å². The smallest absolute Gasteiger partial charge is 0.00472 e. The van der Waals surface area contributed by atoms with Crippen molar-refractivity contribution in [1.82, 2.24) is 4.90 Å². The molecule has 2 aliphatic rings. The van der Waals surface area contributed by atoms with Crippen molar-refractivity contribution in [3.05, 3.63) is 23.8 Å². The van der Waals surface area contributed by atoms with Crippen LogP contribution in [-0.2, 0) is 0 Å². The molecule has 0 radical (unpaired) electrons. The van der Waals surface area contributed by atoms with E-state index >= 15 is 0 Å². The summed E-state index contributed by atoms with van der Waals surface area (Å²) < 4.78 is 0. The van der Waals surface area contributed by atoms with Crippen LogP contribution in [0.5, 0.6) is 0 Å². The zero-order chi connectivity index (χ0) is 7.68. The molecule has 11 heavy (non-hydrogen) atoms. The van der Waals surface area contributed by atoms with E-state index in [1.54, 1.807) is 5.57 Å². The summed E-state index contributed by atoms with van der Waals surface area (Å²) in [5.74, 6) is 0.832. The Bertz CT molecular complexity index is 203. The number of hydrogen-bond acceptors (Lipinski definition) is 1. The Hall–Kier alpha value is -0.560. The third-order valence-electron chi connectivity index (χ3n) is 2.71. The maximum absolute atomic E-state index is 2.43. The van der Waals surface area contributed by atoms with Crippen molar-refractivity contribution in [1.29, 1.82) is 0 Å². The monoisotopic (exact) mass is 149 g/mol. The highest BCUT2D eigenvalue weighted by molar-refractivity contribution is 5.22. The summed E-state index contributed by atoms with van der Waals surface area (Å²) in [5.41, 5.74) is 1.67. The summed E-state index contributed by atoms with van der Waals surface area (Å²) >= 11 is 0. The molecular formula is C10H15N. The minimum absolute atomic E-state index is 0.832. The summed E-state index contributed by atoms with van der Waals surface area (Å²) in [6.07, 6.45) is 9.34. The highest BCUT2D eigenvalue weighted by atomic mass is 15.1. The number of nitrogens with zero attached hydrogens (tertiary/aromatic N) is 1. The molecule has 0 bridgehead atoms. The predicted octanol–water partition coefficient (Wildman–Crippen LogP) is 1.82. The van der Waals surface area contributed by atoms with Gasteiger partial charge in [-0.3, -0.25) is 0 Å². The minimum atomic E-state index is 0.832. The molecule has 1 heterocycles. The van der Waals surface area contributed by atoms with E-state index in [4.69, 9.17) is 0 Å². The zero-order valence-corrected chi connectivity index (χ0v) is 7.09. The molecule has 0 aromatic carbocycles. The lowest BCUT2D eigenvalue weighted by atomic mass is 9.86. The van der Waals surface area contributed by atoms with Gasteiger partial charge in [-0.25, -0.2) is 0 Å². The number of fused-ring (bicyclic) bond motifs is 1. The highest BCUT2D eigenvalue weighted by Crippen LogP contribution is 2.27. The molecule has 0 amide bonds. The Morgan fingerprint density at radius 1 is 1.55 bits per heavy atom. The Kier molecular flexibility index (Phi) is 1.82. The maximum Gasteiger partial charge on any atom is 0.00472 e. The number of rotatable bonds is 0. The van der Waals surface area contributed by atoms with Gasteiger partial charge in [0.2, 0.25) is 0 Å². The van der Waals surface area contributed by atoms with Crippen molar-refractivity contribution in [2.75, 3.05) is 20.1 Å². The van der Waals surface area contributed by atoms with Crippen molar-refractivity contribution >= 4 is 0 Å². The Labute approximate surface area is 68.4 Å². The number of allylic oxidation sites excluding steroid dienone is 3. The van der Waals surface area contributed by atoms with Crippen LogP contribution in [0.3, 0.4) is 0 Å². The lowest BCUT2D eigenvalue weighted by Crippen LogP contribution is -2.33. The van der Waals surface area contributed by atoms with Crippen LogP contribution in [0.2, 0.25) is 0 Å². The van der Waals surface area contributed by atoms with Crippen LogP contribution in [-0.4, -0.2) is 25.0 Å². The molecule has 1 atom stereocenters. The molecule has 0 saturated carbocycles. The number of likely N-dealkylation sites (tertiary alicyclic amines) is 1. The zero-order valence-electron chi connectivity index (χ0n) is 7.09. The second-order valence-corrected chi connectivity index (χ2v) is 3.61. The van der Waals surface area contributed by atoms with Crippen LogP contribution in [0.4, 0.5) is 0 Å². The SMILES string of the molecule is CN1CCC2=CC=CCC2C1. The fraction of sp³-hybridized carbons (Fsp3) is 0.600. The maximum atomic E-state index is 2.43. The molecule has 1 fully saturated rings. The van der Waals surface area contributed by atoms with Gasteiger partial charge < -0.3 is 4.90 Å². The van der Waals surface area contributed by atoms with Crippen LogP contribution in [0, 0.1) is 5.92 Å². The molecular weight excluding hydrogens is 134 g/mol. The fourth-order valence-electron chi connectivity index (χ4n) is 1.99. The predicted molar refractivity (Wildman–Crippen MR) is 47.4 cm³/mol. The molecule has 1 unspecified atom stereocenters. The molecule has 0 spiro atoms. The average molecular weight is 149 g/mol. The molecule has 0 aromatic heterocycles. The normalized spacial score (nSPS) is 31.4. The highest BCUT2D eigenvalue weighted by Gasteiger charge is 2.21. The molecule has 1 nitrogen and oxygen atoms in total. The summed E-state index contributed by atoms with van der Waals surface area (Å²) in [7, 11) is 2.22. The molecule has 1 saturated heterocycles. The van der Waals surface area contributed by atoms with Crippen molar-refractivity contribution in [2.45, 2.75) is 12.8 Å². The second-order valence-electron chi connectivity index (χ2n) is 3.61. The largest absolute Gasteiger partial charge is 0.305 e. The van der Waals surface area contributed by atoms with Crippen LogP contribution in [0.1, 0.15) is 12.8 Å². The molecule has 0 aromatic rings. The third-order valence-corrected chi connectivity index (χ3v) is 2.71. The van der Waals surface area contributed by atoms with Gasteiger partial charge in [0.25, 0.3) is 0 Å². The average Bonchev–Trinajstić information content (AvgIpc) is 2.04. The van der Waals surface area contributed by atoms with Crippen LogP contribution in [0.15, 0.2) is 23.8 Å². The van der Waals surface area contributed by atoms with Gasteiger partial charge in [0, 0.05) is 13.1 Å². The first-order chi connectivity index (χ1) is 5.36. The van der Waals surface area contributed by atoms with Gasteiger partial charge in [0.15, 0.2) is 0 Å². The van der Waals surface area contributed by atoms with E-state index in [0.717, 1.165) is 5.92 Å². The van der Waals surface area contributed by atoms with E-state index in [0.29, 0.717) is 0 Å². The standard InChI is InChI=1S/C10H15N/c1-11-7-6-9-4-2-3-5-10(9)8-11/h2-4,10H,5-8H2,1H3. The van der Waals surface area contributed by atoms with E-state index in [-0.39, 0.29) is 0 Å². The third kappa shape index (κ3) is 1.38. The summed E-state index contributed by atoms with van der Waals surface area (Å²) in [6, 6.07) is 0. The van der Waals surface area contributed by atoms with Gasteiger partial charge in [-0.2, -0.15) is 0 Å². The fourth-order valence-corrected chi connectivity index (χ4v) is 1.99.